The monoisotopic (exact) mass is 271 g/mol. The molecular weight excluding hydrogens is 254 g/mol. The fraction of sp³-hybridized carbons (Fsp3) is 0.500. The maximum Gasteiger partial charge on any atom is 0.226 e. The number of amides is 1. The summed E-state index contributed by atoms with van der Waals surface area (Å²) in [4.78, 5) is 18.6. The van der Waals surface area contributed by atoms with Crippen molar-refractivity contribution >= 4 is 5.91 Å². The van der Waals surface area contributed by atoms with E-state index in [1.807, 2.05) is 30.5 Å². The fourth-order valence-corrected chi connectivity index (χ4v) is 2.82. The van der Waals surface area contributed by atoms with Gasteiger partial charge in [-0.05, 0) is 12.8 Å². The molecule has 0 atom stereocenters. The Hall–Kier alpha value is -2.11. The molecule has 1 fully saturated rings. The van der Waals surface area contributed by atoms with Gasteiger partial charge in [-0.3, -0.25) is 9.48 Å². The van der Waals surface area contributed by atoms with Gasteiger partial charge >= 0.3 is 0 Å². The molecule has 1 saturated carbocycles. The van der Waals surface area contributed by atoms with Gasteiger partial charge in [-0.15, -0.1) is 0 Å². The maximum absolute atomic E-state index is 12.1. The van der Waals surface area contributed by atoms with Crippen LogP contribution >= 0.6 is 0 Å². The third-order valence-electron chi connectivity index (χ3n) is 4.10. The Morgan fingerprint density at radius 1 is 1.30 bits per heavy atom. The van der Waals surface area contributed by atoms with E-state index in [0.717, 1.165) is 43.0 Å². The van der Waals surface area contributed by atoms with E-state index in [4.69, 9.17) is 0 Å². The summed E-state index contributed by atoms with van der Waals surface area (Å²) in [6.45, 7) is 2.24. The third kappa shape index (κ3) is 1.83. The first-order valence-electron chi connectivity index (χ1n) is 7.04. The van der Waals surface area contributed by atoms with Crippen molar-refractivity contribution in [2.45, 2.75) is 25.9 Å². The minimum atomic E-state index is 0.286. The maximum atomic E-state index is 12.1. The van der Waals surface area contributed by atoms with Crippen LogP contribution < -0.4 is 0 Å². The van der Waals surface area contributed by atoms with Crippen LogP contribution in [-0.2, 0) is 24.9 Å². The minimum absolute atomic E-state index is 0.286. The topological polar surface area (TPSA) is 56.0 Å². The molecule has 104 valence electrons. The van der Waals surface area contributed by atoms with Crippen LogP contribution in [0.5, 0.6) is 0 Å². The van der Waals surface area contributed by atoms with Crippen LogP contribution in [-0.4, -0.2) is 36.7 Å². The number of carbonyl (C=O) groups excluding carboxylic acids is 1. The van der Waals surface area contributed by atoms with E-state index in [1.54, 1.807) is 4.68 Å². The molecule has 0 saturated heterocycles. The molecule has 20 heavy (non-hydrogen) atoms. The van der Waals surface area contributed by atoms with Crippen molar-refractivity contribution in [3.8, 4) is 11.3 Å². The summed E-state index contributed by atoms with van der Waals surface area (Å²) in [7, 11) is 1.91. The van der Waals surface area contributed by atoms with Crippen molar-refractivity contribution in [1.29, 1.82) is 0 Å². The highest BCUT2D eigenvalue weighted by Crippen LogP contribution is 2.32. The van der Waals surface area contributed by atoms with E-state index in [1.165, 1.54) is 0 Å². The largest absolute Gasteiger partial charge is 0.333 e. The minimum Gasteiger partial charge on any atom is -0.333 e. The lowest BCUT2D eigenvalue weighted by Crippen LogP contribution is -2.39. The lowest BCUT2D eigenvalue weighted by atomic mass is 10.2. The molecule has 2 aromatic heterocycles. The summed E-state index contributed by atoms with van der Waals surface area (Å²) in [6.07, 6.45) is 7.85. The first-order valence-corrected chi connectivity index (χ1v) is 7.04. The Bertz CT molecular complexity index is 667. The van der Waals surface area contributed by atoms with Crippen LogP contribution in [0.15, 0.2) is 18.6 Å². The Balaban J connectivity index is 1.61. The van der Waals surface area contributed by atoms with E-state index < -0.39 is 0 Å². The number of aryl methyl sites for hydroxylation is 1. The van der Waals surface area contributed by atoms with Crippen molar-refractivity contribution in [2.75, 3.05) is 6.54 Å². The molecule has 0 radical (unpaired) electrons. The van der Waals surface area contributed by atoms with E-state index in [-0.39, 0.29) is 5.92 Å². The van der Waals surface area contributed by atoms with Crippen molar-refractivity contribution in [2.24, 2.45) is 13.0 Å². The SMILES string of the molecule is Cn1cc(-c2cnc3n2CCN(C(=O)C2CC2)C3)cn1. The zero-order valence-corrected chi connectivity index (χ0v) is 11.5. The van der Waals surface area contributed by atoms with E-state index >= 15 is 0 Å². The summed E-state index contributed by atoms with van der Waals surface area (Å²) < 4.78 is 3.99. The molecule has 0 bridgehead atoms. The van der Waals surface area contributed by atoms with Gasteiger partial charge in [0.2, 0.25) is 5.91 Å². The lowest BCUT2D eigenvalue weighted by molar-refractivity contribution is -0.134. The molecule has 6 nitrogen and oxygen atoms in total. The quantitative estimate of drug-likeness (QED) is 0.820. The fourth-order valence-electron chi connectivity index (χ4n) is 2.82. The number of rotatable bonds is 2. The summed E-state index contributed by atoms with van der Waals surface area (Å²) in [5.41, 5.74) is 2.17. The summed E-state index contributed by atoms with van der Waals surface area (Å²) >= 11 is 0. The highest BCUT2D eigenvalue weighted by atomic mass is 16.2. The summed E-state index contributed by atoms with van der Waals surface area (Å²) in [5.74, 6) is 1.57. The Morgan fingerprint density at radius 3 is 2.85 bits per heavy atom. The van der Waals surface area contributed by atoms with Crippen molar-refractivity contribution in [1.82, 2.24) is 24.2 Å². The normalized spacial score (nSPS) is 18.1. The third-order valence-corrected chi connectivity index (χ3v) is 4.10. The van der Waals surface area contributed by atoms with Gasteiger partial charge in [-0.25, -0.2) is 4.98 Å². The van der Waals surface area contributed by atoms with Crippen molar-refractivity contribution in [3.05, 3.63) is 24.4 Å². The van der Waals surface area contributed by atoms with Gasteiger partial charge in [0.25, 0.3) is 0 Å². The number of imidazole rings is 1. The van der Waals surface area contributed by atoms with Gasteiger partial charge in [0.05, 0.1) is 24.6 Å². The Morgan fingerprint density at radius 2 is 2.15 bits per heavy atom. The lowest BCUT2D eigenvalue weighted by Gasteiger charge is -2.28. The van der Waals surface area contributed by atoms with Crippen LogP contribution in [0.2, 0.25) is 0 Å². The van der Waals surface area contributed by atoms with Gasteiger partial charge in [0, 0.05) is 37.8 Å². The highest BCUT2D eigenvalue weighted by Gasteiger charge is 2.35. The molecule has 1 aliphatic heterocycles. The van der Waals surface area contributed by atoms with Gasteiger partial charge in [-0.2, -0.15) is 5.10 Å². The molecule has 0 unspecified atom stereocenters. The first-order chi connectivity index (χ1) is 9.72. The van der Waals surface area contributed by atoms with Crippen LogP contribution in [0.1, 0.15) is 18.7 Å². The smallest absolute Gasteiger partial charge is 0.226 e. The number of nitrogens with zero attached hydrogens (tertiary/aromatic N) is 5. The number of aromatic nitrogens is 4. The van der Waals surface area contributed by atoms with Gasteiger partial charge < -0.3 is 9.47 Å². The van der Waals surface area contributed by atoms with Crippen molar-refractivity contribution in [3.63, 3.8) is 0 Å². The summed E-state index contributed by atoms with van der Waals surface area (Å²) in [5, 5.41) is 4.21. The van der Waals surface area contributed by atoms with Gasteiger partial charge in [0.1, 0.15) is 5.82 Å². The van der Waals surface area contributed by atoms with E-state index in [2.05, 4.69) is 14.6 Å². The molecule has 1 aliphatic carbocycles. The molecule has 0 aromatic carbocycles. The molecule has 2 aromatic rings. The molecule has 2 aliphatic rings. The average molecular weight is 271 g/mol. The van der Waals surface area contributed by atoms with Crippen LogP contribution in [0, 0.1) is 5.92 Å². The van der Waals surface area contributed by atoms with Crippen molar-refractivity contribution < 1.29 is 4.79 Å². The van der Waals surface area contributed by atoms with Crippen LogP contribution in [0.3, 0.4) is 0 Å². The number of carbonyl (C=O) groups is 1. The molecule has 0 spiro atoms. The van der Waals surface area contributed by atoms with Crippen LogP contribution in [0.4, 0.5) is 0 Å². The zero-order chi connectivity index (χ0) is 13.7. The second-order valence-electron chi connectivity index (χ2n) is 5.65. The average Bonchev–Trinajstić information content (AvgIpc) is 3.09. The number of fused-ring (bicyclic) bond motifs is 1. The first kappa shape index (κ1) is 11.7. The second-order valence-corrected chi connectivity index (χ2v) is 5.65. The second kappa shape index (κ2) is 4.19. The number of hydrogen-bond donors (Lipinski definition) is 0. The predicted octanol–water partition coefficient (Wildman–Crippen LogP) is 1.04. The number of hydrogen-bond acceptors (Lipinski definition) is 3. The molecule has 0 N–H and O–H groups in total. The molecule has 4 rings (SSSR count). The molecular formula is C14H17N5O. The van der Waals surface area contributed by atoms with Gasteiger partial charge in [-0.1, -0.05) is 0 Å². The summed E-state index contributed by atoms with van der Waals surface area (Å²) in [6, 6.07) is 0. The van der Waals surface area contributed by atoms with E-state index in [9.17, 15) is 4.79 Å². The Kier molecular flexibility index (Phi) is 2.45. The molecule has 1 amide bonds. The van der Waals surface area contributed by atoms with E-state index in [0.29, 0.717) is 12.5 Å². The standard InChI is InChI=1S/C14H17N5O/c1-17-8-11(6-16-17)12-7-15-13-9-18(4-5-19(12)13)14(20)10-2-3-10/h6-8,10H,2-5,9H2,1H3. The predicted molar refractivity (Wildman–Crippen MR) is 72.6 cm³/mol. The molecule has 6 heteroatoms. The highest BCUT2D eigenvalue weighted by molar-refractivity contribution is 5.81. The molecule has 3 heterocycles. The van der Waals surface area contributed by atoms with Crippen LogP contribution in [0.25, 0.3) is 11.3 Å². The zero-order valence-electron chi connectivity index (χ0n) is 11.5. The van der Waals surface area contributed by atoms with Gasteiger partial charge in [0.15, 0.2) is 0 Å². The Labute approximate surface area is 117 Å².